The number of para-hydroxylation sites is 3. The Morgan fingerprint density at radius 3 is 1.57 bits per heavy atom. The first-order chi connectivity index (χ1) is 26.8. The van der Waals surface area contributed by atoms with Gasteiger partial charge in [0, 0.05) is 38.7 Å². The van der Waals surface area contributed by atoms with Gasteiger partial charge in [0.1, 0.15) is 0 Å². The number of rotatable bonds is 7. The van der Waals surface area contributed by atoms with Crippen LogP contribution in [0.25, 0.3) is 71.6 Å². The number of hydrogen-bond acceptors (Lipinski definition) is 1. The lowest BCUT2D eigenvalue weighted by Crippen LogP contribution is -2.12. The third-order valence-corrected chi connectivity index (χ3v) is 10.6. The first-order valence-corrected chi connectivity index (χ1v) is 18.5. The van der Waals surface area contributed by atoms with Crippen molar-refractivity contribution in [3.63, 3.8) is 0 Å². The lowest BCUT2D eigenvalue weighted by molar-refractivity contribution is 1.19. The van der Waals surface area contributed by atoms with E-state index in [1.807, 2.05) is 0 Å². The Labute approximate surface area is 315 Å². The Bertz CT molecular complexity index is 2840. The van der Waals surface area contributed by atoms with Crippen LogP contribution in [0.2, 0.25) is 0 Å². The molecule has 0 aliphatic rings. The standard InChI is InChI=1S/C52H36N2/c1-4-18-37(19-5-1)43-27-12-14-31-48(43)53(49-32-15-13-28-44(49)38-20-6-2-7-21-38)42-26-16-23-40(36-42)45-30-17-33-50-51(45)47-35-34-39-22-10-11-29-46(39)52(47)54(50)41-24-8-3-9-25-41/h1-36H. The van der Waals surface area contributed by atoms with E-state index in [0.29, 0.717) is 0 Å². The third-order valence-electron chi connectivity index (χ3n) is 10.6. The maximum atomic E-state index is 2.44. The van der Waals surface area contributed by atoms with E-state index in [4.69, 9.17) is 0 Å². The number of nitrogens with zero attached hydrogens (tertiary/aromatic N) is 2. The molecule has 0 aliphatic carbocycles. The lowest BCUT2D eigenvalue weighted by atomic mass is 9.96. The third kappa shape index (κ3) is 5.36. The summed E-state index contributed by atoms with van der Waals surface area (Å²) in [5.74, 6) is 0. The van der Waals surface area contributed by atoms with Crippen molar-refractivity contribution in [2.45, 2.75) is 0 Å². The molecule has 0 saturated heterocycles. The van der Waals surface area contributed by atoms with Gasteiger partial charge in [-0.2, -0.15) is 0 Å². The molecular weight excluding hydrogens is 653 g/mol. The molecule has 0 N–H and O–H groups in total. The zero-order valence-electron chi connectivity index (χ0n) is 29.7. The molecule has 0 fully saturated rings. The van der Waals surface area contributed by atoms with E-state index in [-0.39, 0.29) is 0 Å². The highest BCUT2D eigenvalue weighted by Gasteiger charge is 2.22. The zero-order chi connectivity index (χ0) is 35.8. The molecule has 1 heterocycles. The van der Waals surface area contributed by atoms with Gasteiger partial charge in [-0.15, -0.1) is 0 Å². The van der Waals surface area contributed by atoms with Crippen molar-refractivity contribution in [3.8, 4) is 39.1 Å². The number of aromatic nitrogens is 1. The highest BCUT2D eigenvalue weighted by molar-refractivity contribution is 6.22. The molecule has 0 amide bonds. The van der Waals surface area contributed by atoms with Crippen molar-refractivity contribution in [1.29, 1.82) is 0 Å². The van der Waals surface area contributed by atoms with Gasteiger partial charge in [-0.25, -0.2) is 0 Å². The van der Waals surface area contributed by atoms with Gasteiger partial charge in [0.25, 0.3) is 0 Å². The first kappa shape index (κ1) is 31.6. The number of anilines is 3. The van der Waals surface area contributed by atoms with E-state index in [1.165, 1.54) is 60.4 Å². The lowest BCUT2D eigenvalue weighted by Gasteiger charge is -2.30. The molecule has 1 aromatic heterocycles. The van der Waals surface area contributed by atoms with Crippen molar-refractivity contribution < 1.29 is 0 Å². The molecule has 0 unspecified atom stereocenters. The summed E-state index contributed by atoms with van der Waals surface area (Å²) >= 11 is 0. The topological polar surface area (TPSA) is 8.17 Å². The second-order valence-electron chi connectivity index (χ2n) is 13.7. The molecule has 0 aliphatic heterocycles. The van der Waals surface area contributed by atoms with E-state index in [1.54, 1.807) is 0 Å². The van der Waals surface area contributed by atoms with Crippen LogP contribution in [0.5, 0.6) is 0 Å². The second-order valence-corrected chi connectivity index (χ2v) is 13.7. The molecule has 254 valence electrons. The number of fused-ring (bicyclic) bond motifs is 5. The van der Waals surface area contributed by atoms with Crippen LogP contribution in [0.15, 0.2) is 218 Å². The fraction of sp³-hybridized carbons (Fsp3) is 0. The van der Waals surface area contributed by atoms with Gasteiger partial charge >= 0.3 is 0 Å². The largest absolute Gasteiger partial charge is 0.309 e. The SMILES string of the molecule is c1ccc(-c2ccccc2N(c2cccc(-c3cccc4c3c3ccc5ccccc5c3n4-c3ccccc3)c2)c2ccccc2-c2ccccc2)cc1. The Balaban J connectivity index is 1.24. The van der Waals surface area contributed by atoms with E-state index < -0.39 is 0 Å². The van der Waals surface area contributed by atoms with Crippen LogP contribution in [-0.4, -0.2) is 4.57 Å². The molecule has 0 spiro atoms. The van der Waals surface area contributed by atoms with E-state index >= 15 is 0 Å². The monoisotopic (exact) mass is 688 g/mol. The average molecular weight is 689 g/mol. The van der Waals surface area contributed by atoms with Crippen molar-refractivity contribution in [2.24, 2.45) is 0 Å². The smallest absolute Gasteiger partial charge is 0.0619 e. The number of hydrogen-bond donors (Lipinski definition) is 0. The van der Waals surface area contributed by atoms with Gasteiger partial charge in [-0.05, 0) is 70.1 Å². The maximum Gasteiger partial charge on any atom is 0.0619 e. The fourth-order valence-electron chi connectivity index (χ4n) is 8.19. The highest BCUT2D eigenvalue weighted by atomic mass is 15.1. The summed E-state index contributed by atoms with van der Waals surface area (Å²) in [5, 5.41) is 4.98. The fourth-order valence-corrected chi connectivity index (χ4v) is 8.19. The molecule has 0 atom stereocenters. The van der Waals surface area contributed by atoms with Crippen molar-refractivity contribution in [2.75, 3.05) is 4.90 Å². The average Bonchev–Trinajstić information content (AvgIpc) is 3.60. The van der Waals surface area contributed by atoms with Crippen LogP contribution in [0.3, 0.4) is 0 Å². The predicted octanol–water partition coefficient (Wildman–Crippen LogP) is 14.4. The van der Waals surface area contributed by atoms with Gasteiger partial charge in [0.05, 0.1) is 22.4 Å². The van der Waals surface area contributed by atoms with Crippen molar-refractivity contribution in [3.05, 3.63) is 218 Å². The van der Waals surface area contributed by atoms with Gasteiger partial charge in [0.15, 0.2) is 0 Å². The Hall–Kier alpha value is -7.16. The second kappa shape index (κ2) is 13.4. The van der Waals surface area contributed by atoms with Crippen LogP contribution in [0.4, 0.5) is 17.1 Å². The molecule has 0 bridgehead atoms. The minimum atomic E-state index is 1.09. The van der Waals surface area contributed by atoms with E-state index in [9.17, 15) is 0 Å². The Morgan fingerprint density at radius 2 is 0.889 bits per heavy atom. The summed E-state index contributed by atoms with van der Waals surface area (Å²) in [4.78, 5) is 2.44. The van der Waals surface area contributed by atoms with Crippen molar-refractivity contribution in [1.82, 2.24) is 4.57 Å². The minimum absolute atomic E-state index is 1.09. The summed E-state index contributed by atoms with van der Waals surface area (Å²) < 4.78 is 2.44. The molecule has 54 heavy (non-hydrogen) atoms. The Morgan fingerprint density at radius 1 is 0.352 bits per heavy atom. The van der Waals surface area contributed by atoms with Crippen LogP contribution >= 0.6 is 0 Å². The summed E-state index contributed by atoms with van der Waals surface area (Å²) in [6, 6.07) is 78.8. The molecule has 10 rings (SSSR count). The molecule has 10 aromatic rings. The molecule has 2 nitrogen and oxygen atoms in total. The van der Waals surface area contributed by atoms with E-state index in [0.717, 1.165) is 28.3 Å². The van der Waals surface area contributed by atoms with Gasteiger partial charge < -0.3 is 9.47 Å². The molecule has 2 heteroatoms. The summed E-state index contributed by atoms with van der Waals surface area (Å²) in [6.07, 6.45) is 0. The van der Waals surface area contributed by atoms with Gasteiger partial charge in [-0.1, -0.05) is 176 Å². The molecule has 0 radical (unpaired) electrons. The maximum absolute atomic E-state index is 2.44. The van der Waals surface area contributed by atoms with Crippen LogP contribution in [0, 0.1) is 0 Å². The quantitative estimate of drug-likeness (QED) is 0.162. The van der Waals surface area contributed by atoms with Gasteiger partial charge in [-0.3, -0.25) is 0 Å². The molecule has 0 saturated carbocycles. The highest BCUT2D eigenvalue weighted by Crippen LogP contribution is 2.47. The Kier molecular flexibility index (Phi) is 7.85. The molecule has 9 aromatic carbocycles. The van der Waals surface area contributed by atoms with Crippen molar-refractivity contribution >= 4 is 49.6 Å². The van der Waals surface area contributed by atoms with Crippen LogP contribution in [0.1, 0.15) is 0 Å². The van der Waals surface area contributed by atoms with Gasteiger partial charge in [0.2, 0.25) is 0 Å². The van der Waals surface area contributed by atoms with E-state index in [2.05, 4.69) is 228 Å². The normalized spacial score (nSPS) is 11.3. The predicted molar refractivity (Wildman–Crippen MR) is 229 cm³/mol. The summed E-state index contributed by atoms with van der Waals surface area (Å²) in [5.41, 5.74) is 14.0. The first-order valence-electron chi connectivity index (χ1n) is 18.5. The minimum Gasteiger partial charge on any atom is -0.309 e. The summed E-state index contributed by atoms with van der Waals surface area (Å²) in [6.45, 7) is 0. The number of benzene rings is 9. The van der Waals surface area contributed by atoms with Crippen LogP contribution < -0.4 is 4.90 Å². The summed E-state index contributed by atoms with van der Waals surface area (Å²) in [7, 11) is 0. The zero-order valence-corrected chi connectivity index (χ0v) is 29.7. The van der Waals surface area contributed by atoms with Crippen LogP contribution in [-0.2, 0) is 0 Å². The molecular formula is C52H36N2.